The van der Waals surface area contributed by atoms with E-state index in [1.54, 1.807) is 6.07 Å². The molecule has 0 heterocycles. The maximum Gasteiger partial charge on any atom is 0.120 e. The first-order valence-corrected chi connectivity index (χ1v) is 7.31. The summed E-state index contributed by atoms with van der Waals surface area (Å²) in [6, 6.07) is 22.6. The summed E-state index contributed by atoms with van der Waals surface area (Å²) < 4.78 is 0. The number of phenols is 1. The number of aromatic hydroxyl groups is 1. The molecule has 0 atom stereocenters. The molecule has 0 saturated carbocycles. The molecule has 0 aliphatic rings. The highest BCUT2D eigenvalue weighted by molar-refractivity contribution is 5.77. The van der Waals surface area contributed by atoms with Gasteiger partial charge in [0.05, 0.1) is 0 Å². The van der Waals surface area contributed by atoms with Gasteiger partial charge in [0.1, 0.15) is 11.4 Å². The zero-order valence-electron chi connectivity index (χ0n) is 12.4. The second-order valence-electron chi connectivity index (χ2n) is 5.17. The van der Waals surface area contributed by atoms with Crippen LogP contribution in [0.25, 0.3) is 11.1 Å². The van der Waals surface area contributed by atoms with E-state index < -0.39 is 0 Å². The van der Waals surface area contributed by atoms with Crippen LogP contribution in [0.15, 0.2) is 78.0 Å². The molecule has 4 heteroatoms. The average Bonchev–Trinajstić information content (AvgIpc) is 2.62. The van der Waals surface area contributed by atoms with Crippen molar-refractivity contribution in [3.8, 4) is 16.9 Å². The van der Waals surface area contributed by atoms with Crippen molar-refractivity contribution in [1.29, 1.82) is 0 Å². The molecule has 0 unspecified atom stereocenters. The number of anilines is 1. The molecule has 3 rings (SSSR count). The predicted molar refractivity (Wildman–Crippen MR) is 92.8 cm³/mol. The van der Waals surface area contributed by atoms with E-state index in [4.69, 9.17) is 0 Å². The number of benzene rings is 3. The Kier molecular flexibility index (Phi) is 4.34. The lowest BCUT2D eigenvalue weighted by atomic mass is 10.0. The number of hydrogen-bond donors (Lipinski definition) is 2. The molecule has 0 amide bonds. The number of hydrogen-bond acceptors (Lipinski definition) is 4. The van der Waals surface area contributed by atoms with E-state index in [1.165, 1.54) is 12.1 Å². The lowest BCUT2D eigenvalue weighted by Gasteiger charge is -2.13. The standard InChI is InChI=1S/C19H16N2O2/c22-19-11-10-16(21-23)12-15(19)13-20-18-9-5-4-8-17(18)14-6-2-1-3-7-14/h1-12,20,22H,13H2. The molecule has 2 N–H and O–H groups in total. The van der Waals surface area contributed by atoms with E-state index in [0.717, 1.165) is 16.8 Å². The molecule has 0 aliphatic heterocycles. The summed E-state index contributed by atoms with van der Waals surface area (Å²) >= 11 is 0. The van der Waals surface area contributed by atoms with Crippen molar-refractivity contribution in [1.82, 2.24) is 0 Å². The predicted octanol–water partition coefficient (Wildman–Crippen LogP) is 5.07. The van der Waals surface area contributed by atoms with Gasteiger partial charge in [-0.25, -0.2) is 0 Å². The topological polar surface area (TPSA) is 61.7 Å². The molecular formula is C19H16N2O2. The van der Waals surface area contributed by atoms with Gasteiger partial charge in [-0.1, -0.05) is 48.5 Å². The summed E-state index contributed by atoms with van der Waals surface area (Å²) in [6.07, 6.45) is 0. The Morgan fingerprint density at radius 2 is 1.65 bits per heavy atom. The van der Waals surface area contributed by atoms with Gasteiger partial charge in [-0.15, -0.1) is 4.91 Å². The van der Waals surface area contributed by atoms with Crippen LogP contribution in [0.5, 0.6) is 5.75 Å². The fourth-order valence-electron chi connectivity index (χ4n) is 2.47. The van der Waals surface area contributed by atoms with Gasteiger partial charge in [-0.2, -0.15) is 0 Å². The van der Waals surface area contributed by atoms with Gasteiger partial charge in [0.25, 0.3) is 0 Å². The van der Waals surface area contributed by atoms with E-state index in [2.05, 4.69) is 22.6 Å². The molecule has 3 aromatic carbocycles. The summed E-state index contributed by atoms with van der Waals surface area (Å²) in [4.78, 5) is 10.6. The second kappa shape index (κ2) is 6.75. The van der Waals surface area contributed by atoms with E-state index in [1.807, 2.05) is 42.5 Å². The minimum Gasteiger partial charge on any atom is -0.508 e. The van der Waals surface area contributed by atoms with Crippen molar-refractivity contribution in [2.45, 2.75) is 6.54 Å². The molecule has 0 radical (unpaired) electrons. The van der Waals surface area contributed by atoms with Gasteiger partial charge in [0.15, 0.2) is 0 Å². The summed E-state index contributed by atoms with van der Waals surface area (Å²) in [5.41, 5.74) is 4.09. The van der Waals surface area contributed by atoms with Crippen LogP contribution in [-0.2, 0) is 6.54 Å². The molecule has 0 saturated heterocycles. The fraction of sp³-hybridized carbons (Fsp3) is 0.0526. The molecule has 114 valence electrons. The monoisotopic (exact) mass is 304 g/mol. The Hall–Kier alpha value is -3.14. The van der Waals surface area contributed by atoms with Crippen molar-refractivity contribution >= 4 is 11.4 Å². The van der Waals surface area contributed by atoms with Gasteiger partial charge in [-0.05, 0) is 35.0 Å². The zero-order valence-corrected chi connectivity index (χ0v) is 12.4. The van der Waals surface area contributed by atoms with Crippen LogP contribution < -0.4 is 5.32 Å². The van der Waals surface area contributed by atoms with Crippen molar-refractivity contribution in [3.63, 3.8) is 0 Å². The first-order valence-electron chi connectivity index (χ1n) is 7.31. The SMILES string of the molecule is O=Nc1ccc(O)c(CNc2ccccc2-c2ccccc2)c1. The largest absolute Gasteiger partial charge is 0.508 e. The minimum absolute atomic E-state index is 0.141. The molecule has 0 bridgehead atoms. The lowest BCUT2D eigenvalue weighted by Crippen LogP contribution is -2.01. The van der Waals surface area contributed by atoms with E-state index in [9.17, 15) is 10.0 Å². The minimum atomic E-state index is 0.141. The first-order chi connectivity index (χ1) is 11.3. The molecule has 0 fully saturated rings. The van der Waals surface area contributed by atoms with Gasteiger partial charge in [0, 0.05) is 23.4 Å². The highest BCUT2D eigenvalue weighted by Gasteiger charge is 2.07. The van der Waals surface area contributed by atoms with Crippen LogP contribution in [0.1, 0.15) is 5.56 Å². The van der Waals surface area contributed by atoms with Crippen LogP contribution in [0.4, 0.5) is 11.4 Å². The molecule has 0 spiro atoms. The Morgan fingerprint density at radius 3 is 2.43 bits per heavy atom. The van der Waals surface area contributed by atoms with Crippen molar-refractivity contribution < 1.29 is 5.11 Å². The number of nitrogens with one attached hydrogen (secondary N) is 1. The number of para-hydroxylation sites is 1. The maximum absolute atomic E-state index is 10.6. The van der Waals surface area contributed by atoms with Crippen molar-refractivity contribution in [2.75, 3.05) is 5.32 Å². The van der Waals surface area contributed by atoms with E-state index in [-0.39, 0.29) is 5.75 Å². The van der Waals surface area contributed by atoms with Crippen molar-refractivity contribution in [2.24, 2.45) is 5.18 Å². The number of nitrogens with zero attached hydrogens (tertiary/aromatic N) is 1. The van der Waals surface area contributed by atoms with Gasteiger partial charge < -0.3 is 10.4 Å². The highest BCUT2D eigenvalue weighted by atomic mass is 16.3. The highest BCUT2D eigenvalue weighted by Crippen LogP contribution is 2.29. The summed E-state index contributed by atoms with van der Waals surface area (Å²) in [5, 5.41) is 16.1. The van der Waals surface area contributed by atoms with Crippen LogP contribution in [0, 0.1) is 4.91 Å². The third-order valence-corrected chi connectivity index (χ3v) is 3.65. The third kappa shape index (κ3) is 3.37. The molecule has 3 aromatic rings. The summed E-state index contributed by atoms with van der Waals surface area (Å²) in [6.45, 7) is 0.402. The Bertz CT molecular complexity index is 817. The summed E-state index contributed by atoms with van der Waals surface area (Å²) in [5.74, 6) is 0.141. The average molecular weight is 304 g/mol. The fourth-order valence-corrected chi connectivity index (χ4v) is 2.47. The third-order valence-electron chi connectivity index (χ3n) is 3.65. The first kappa shape index (κ1) is 14.8. The molecule has 4 nitrogen and oxygen atoms in total. The second-order valence-corrected chi connectivity index (χ2v) is 5.17. The van der Waals surface area contributed by atoms with Crippen LogP contribution in [0.3, 0.4) is 0 Å². The number of nitroso groups, excluding NO2 is 1. The van der Waals surface area contributed by atoms with Gasteiger partial charge in [0.2, 0.25) is 0 Å². The molecule has 23 heavy (non-hydrogen) atoms. The maximum atomic E-state index is 10.6. The van der Waals surface area contributed by atoms with E-state index in [0.29, 0.717) is 17.8 Å². The zero-order chi connectivity index (χ0) is 16.1. The van der Waals surface area contributed by atoms with Crippen molar-refractivity contribution in [3.05, 3.63) is 83.3 Å². The molecule has 0 aromatic heterocycles. The van der Waals surface area contributed by atoms with Gasteiger partial charge in [-0.3, -0.25) is 0 Å². The lowest BCUT2D eigenvalue weighted by molar-refractivity contribution is 0.469. The Balaban J connectivity index is 1.86. The summed E-state index contributed by atoms with van der Waals surface area (Å²) in [7, 11) is 0. The van der Waals surface area contributed by atoms with Crippen LogP contribution in [0.2, 0.25) is 0 Å². The quantitative estimate of drug-likeness (QED) is 0.647. The van der Waals surface area contributed by atoms with Crippen LogP contribution >= 0.6 is 0 Å². The number of phenolic OH excluding ortho intramolecular Hbond substituents is 1. The Morgan fingerprint density at radius 1 is 0.913 bits per heavy atom. The Labute approximate surface area is 134 Å². The molecular weight excluding hydrogens is 288 g/mol. The smallest absolute Gasteiger partial charge is 0.120 e. The van der Waals surface area contributed by atoms with Gasteiger partial charge >= 0.3 is 0 Å². The molecule has 0 aliphatic carbocycles. The number of rotatable bonds is 5. The van der Waals surface area contributed by atoms with E-state index >= 15 is 0 Å². The normalized spacial score (nSPS) is 10.3. The van der Waals surface area contributed by atoms with Crippen LogP contribution in [-0.4, -0.2) is 5.11 Å².